The van der Waals surface area contributed by atoms with Crippen LogP contribution in [0.5, 0.6) is 0 Å². The number of hydrogen-bond acceptors (Lipinski definition) is 5. The van der Waals surface area contributed by atoms with Gasteiger partial charge in [-0.25, -0.2) is 14.2 Å². The highest BCUT2D eigenvalue weighted by Gasteiger charge is 2.10. The number of amides is 2. The van der Waals surface area contributed by atoms with Gasteiger partial charge < -0.3 is 10.6 Å². The van der Waals surface area contributed by atoms with E-state index in [0.717, 1.165) is 28.5 Å². The van der Waals surface area contributed by atoms with Crippen molar-refractivity contribution in [2.75, 3.05) is 10.6 Å². The first-order valence-corrected chi connectivity index (χ1v) is 10.2. The lowest BCUT2D eigenvalue weighted by atomic mass is 10.2. The molecule has 152 valence electrons. The van der Waals surface area contributed by atoms with Gasteiger partial charge in [-0.15, -0.1) is 0 Å². The molecule has 0 atom stereocenters. The Morgan fingerprint density at radius 3 is 2.67 bits per heavy atom. The molecule has 2 aromatic heterocycles. The maximum atomic E-state index is 13.2. The van der Waals surface area contributed by atoms with Crippen molar-refractivity contribution in [2.24, 2.45) is 0 Å². The molecule has 0 saturated carbocycles. The third kappa shape index (κ3) is 4.74. The molecule has 0 unspecified atom stereocenters. The van der Waals surface area contributed by atoms with E-state index in [4.69, 9.17) is 0 Å². The minimum absolute atomic E-state index is 0.386. The van der Waals surface area contributed by atoms with Gasteiger partial charge in [-0.05, 0) is 55.0 Å². The van der Waals surface area contributed by atoms with Gasteiger partial charge in [0.25, 0.3) is 5.78 Å². The van der Waals surface area contributed by atoms with Gasteiger partial charge in [0.2, 0.25) is 0 Å². The lowest BCUT2D eigenvalue weighted by Gasteiger charge is -2.09. The second-order valence-corrected chi connectivity index (χ2v) is 7.62. The molecule has 0 aliphatic rings. The Labute approximate surface area is 176 Å². The van der Waals surface area contributed by atoms with Gasteiger partial charge in [0.1, 0.15) is 17.2 Å². The third-order valence-corrected chi connectivity index (χ3v) is 5.20. The number of benzene rings is 2. The van der Waals surface area contributed by atoms with Gasteiger partial charge in [0, 0.05) is 22.0 Å². The Hall–Kier alpha value is -3.46. The molecule has 0 saturated heterocycles. The normalized spacial score (nSPS) is 10.9. The van der Waals surface area contributed by atoms with Crippen LogP contribution in [-0.2, 0) is 6.42 Å². The molecule has 0 aliphatic heterocycles. The molecule has 4 rings (SSSR count). The first kappa shape index (κ1) is 19.8. The molecule has 0 radical (unpaired) electrons. The van der Waals surface area contributed by atoms with E-state index in [1.54, 1.807) is 34.5 Å². The first-order valence-electron chi connectivity index (χ1n) is 9.42. The molecule has 2 N–H and O–H groups in total. The van der Waals surface area contributed by atoms with Crippen molar-refractivity contribution in [1.82, 2.24) is 19.6 Å². The average molecular weight is 422 g/mol. The number of aryl methyl sites for hydroxylation is 1. The van der Waals surface area contributed by atoms with E-state index in [1.165, 1.54) is 24.5 Å². The standard InChI is InChI=1S/C21H19FN6OS/c1-2-4-16-12-19(28-20(25-16)23-13-24-28)30-18-9-7-15(8-10-18)26-21(29)27-17-6-3-5-14(22)11-17/h3,5-13H,2,4H2,1H3,(H2,26,27,29). The number of halogens is 1. The van der Waals surface area contributed by atoms with Crippen molar-refractivity contribution in [3.8, 4) is 0 Å². The Morgan fingerprint density at radius 1 is 1.10 bits per heavy atom. The molecule has 2 aromatic carbocycles. The largest absolute Gasteiger partial charge is 0.323 e. The fourth-order valence-corrected chi connectivity index (χ4v) is 3.80. The maximum absolute atomic E-state index is 13.2. The van der Waals surface area contributed by atoms with Crippen molar-refractivity contribution in [3.05, 3.63) is 72.4 Å². The lowest BCUT2D eigenvalue weighted by molar-refractivity contribution is 0.262. The van der Waals surface area contributed by atoms with Crippen LogP contribution in [0.3, 0.4) is 0 Å². The second kappa shape index (κ2) is 8.91. The number of anilines is 2. The number of aromatic nitrogens is 4. The molecular weight excluding hydrogens is 403 g/mol. The van der Waals surface area contributed by atoms with Crippen LogP contribution in [-0.4, -0.2) is 25.6 Å². The van der Waals surface area contributed by atoms with Gasteiger partial charge in [0.05, 0.1) is 0 Å². The summed E-state index contributed by atoms with van der Waals surface area (Å²) >= 11 is 1.54. The predicted molar refractivity (Wildman–Crippen MR) is 114 cm³/mol. The fraction of sp³-hybridized carbons (Fsp3) is 0.143. The highest BCUT2D eigenvalue weighted by atomic mass is 32.2. The summed E-state index contributed by atoms with van der Waals surface area (Å²) in [6.07, 6.45) is 3.37. The van der Waals surface area contributed by atoms with E-state index in [0.29, 0.717) is 17.2 Å². The number of hydrogen-bond donors (Lipinski definition) is 2. The molecule has 0 aliphatic carbocycles. The van der Waals surface area contributed by atoms with E-state index in [2.05, 4.69) is 32.6 Å². The number of fused-ring (bicyclic) bond motifs is 1. The van der Waals surface area contributed by atoms with Crippen LogP contribution in [0.15, 0.2) is 70.8 Å². The van der Waals surface area contributed by atoms with Crippen LogP contribution in [0.1, 0.15) is 19.0 Å². The quantitative estimate of drug-likeness (QED) is 0.427. The van der Waals surface area contributed by atoms with Crippen LogP contribution in [0.4, 0.5) is 20.6 Å². The van der Waals surface area contributed by atoms with Crippen molar-refractivity contribution in [1.29, 1.82) is 0 Å². The molecule has 4 aromatic rings. The van der Waals surface area contributed by atoms with E-state index in [1.807, 2.05) is 18.2 Å². The topological polar surface area (TPSA) is 84.2 Å². The summed E-state index contributed by atoms with van der Waals surface area (Å²) in [6, 6.07) is 14.7. The first-order chi connectivity index (χ1) is 14.6. The number of nitrogens with zero attached hydrogens (tertiary/aromatic N) is 4. The molecule has 0 bridgehead atoms. The monoisotopic (exact) mass is 422 g/mol. The van der Waals surface area contributed by atoms with Crippen molar-refractivity contribution >= 4 is 34.9 Å². The third-order valence-electron chi connectivity index (χ3n) is 4.20. The number of urea groups is 1. The van der Waals surface area contributed by atoms with Crippen LogP contribution in [0, 0.1) is 5.82 Å². The van der Waals surface area contributed by atoms with Crippen LogP contribution in [0.25, 0.3) is 5.78 Å². The second-order valence-electron chi connectivity index (χ2n) is 6.52. The molecule has 0 spiro atoms. The Morgan fingerprint density at radius 2 is 1.90 bits per heavy atom. The summed E-state index contributed by atoms with van der Waals surface area (Å²) < 4.78 is 14.9. The maximum Gasteiger partial charge on any atom is 0.323 e. The summed E-state index contributed by atoms with van der Waals surface area (Å²) in [6.45, 7) is 2.11. The van der Waals surface area contributed by atoms with Gasteiger partial charge >= 0.3 is 6.03 Å². The van der Waals surface area contributed by atoms with Gasteiger partial charge in [-0.1, -0.05) is 31.2 Å². The summed E-state index contributed by atoms with van der Waals surface area (Å²) in [4.78, 5) is 21.8. The Kier molecular flexibility index (Phi) is 5.89. The zero-order valence-corrected chi connectivity index (χ0v) is 17.0. The van der Waals surface area contributed by atoms with Crippen molar-refractivity contribution < 1.29 is 9.18 Å². The van der Waals surface area contributed by atoms with Crippen molar-refractivity contribution in [2.45, 2.75) is 29.7 Å². The molecular formula is C21H19FN6OS. The summed E-state index contributed by atoms with van der Waals surface area (Å²) in [5.41, 5.74) is 1.99. The Bertz CT molecular complexity index is 1180. The number of nitrogens with one attached hydrogen (secondary N) is 2. The fourth-order valence-electron chi connectivity index (χ4n) is 2.88. The van der Waals surface area contributed by atoms with E-state index in [9.17, 15) is 9.18 Å². The van der Waals surface area contributed by atoms with Crippen LogP contribution < -0.4 is 10.6 Å². The lowest BCUT2D eigenvalue weighted by Crippen LogP contribution is -2.19. The smallest absolute Gasteiger partial charge is 0.308 e. The number of carbonyl (C=O) groups excluding carboxylic acids is 1. The summed E-state index contributed by atoms with van der Waals surface area (Å²) in [5.74, 6) is 0.171. The zero-order chi connectivity index (χ0) is 20.9. The molecule has 0 fully saturated rings. The van der Waals surface area contributed by atoms with E-state index >= 15 is 0 Å². The summed E-state index contributed by atoms with van der Waals surface area (Å²) in [5, 5.41) is 10.5. The minimum Gasteiger partial charge on any atom is -0.308 e. The summed E-state index contributed by atoms with van der Waals surface area (Å²) in [7, 11) is 0. The van der Waals surface area contributed by atoms with E-state index < -0.39 is 11.8 Å². The SMILES string of the molecule is CCCc1cc(Sc2ccc(NC(=O)Nc3cccc(F)c3)cc2)n2ncnc2n1. The molecule has 2 heterocycles. The zero-order valence-electron chi connectivity index (χ0n) is 16.2. The van der Waals surface area contributed by atoms with Crippen molar-refractivity contribution in [3.63, 3.8) is 0 Å². The predicted octanol–water partition coefficient (Wildman–Crippen LogP) is 5.01. The van der Waals surface area contributed by atoms with Crippen LogP contribution in [0.2, 0.25) is 0 Å². The highest BCUT2D eigenvalue weighted by Crippen LogP contribution is 2.29. The average Bonchev–Trinajstić information content (AvgIpc) is 3.19. The van der Waals surface area contributed by atoms with Crippen LogP contribution >= 0.6 is 11.8 Å². The van der Waals surface area contributed by atoms with Gasteiger partial charge in [-0.2, -0.15) is 14.6 Å². The molecule has 30 heavy (non-hydrogen) atoms. The molecule has 9 heteroatoms. The molecule has 7 nitrogen and oxygen atoms in total. The number of rotatable bonds is 6. The van der Waals surface area contributed by atoms with Gasteiger partial charge in [0.15, 0.2) is 0 Å². The highest BCUT2D eigenvalue weighted by molar-refractivity contribution is 7.99. The Balaban J connectivity index is 1.44. The van der Waals surface area contributed by atoms with E-state index in [-0.39, 0.29) is 0 Å². The number of carbonyl (C=O) groups is 1. The molecule has 2 amide bonds. The minimum atomic E-state index is -0.441. The van der Waals surface area contributed by atoms with Gasteiger partial charge in [-0.3, -0.25) is 0 Å².